The van der Waals surface area contributed by atoms with Gasteiger partial charge in [-0.1, -0.05) is 22.9 Å². The van der Waals surface area contributed by atoms with Crippen LogP contribution in [0.15, 0.2) is 44.4 Å². The van der Waals surface area contributed by atoms with Crippen LogP contribution in [0.3, 0.4) is 0 Å². The third kappa shape index (κ3) is 4.26. The summed E-state index contributed by atoms with van der Waals surface area (Å²) in [5.41, 5.74) is 1.02. The lowest BCUT2D eigenvalue weighted by atomic mass is 9.99. The van der Waals surface area contributed by atoms with Crippen molar-refractivity contribution in [2.75, 3.05) is 19.3 Å². The van der Waals surface area contributed by atoms with E-state index in [1.807, 2.05) is 30.0 Å². The van der Waals surface area contributed by atoms with Crippen LogP contribution in [-0.4, -0.2) is 42.5 Å². The molecule has 1 fully saturated rings. The summed E-state index contributed by atoms with van der Waals surface area (Å²) in [5.74, 6) is -0.720. The molecular formula is C19H20ClN3O3S4. The highest BCUT2D eigenvalue weighted by Gasteiger charge is 2.34. The minimum atomic E-state index is -3.65. The molecule has 1 aliphatic rings. The second-order valence-corrected chi connectivity index (χ2v) is 12.8. The van der Waals surface area contributed by atoms with Crippen molar-refractivity contribution >= 4 is 72.2 Å². The Bertz CT molecular complexity index is 1280. The molecule has 1 unspecified atom stereocenters. The van der Waals surface area contributed by atoms with Crippen molar-refractivity contribution in [1.29, 1.82) is 0 Å². The number of hydrogen-bond acceptors (Lipinski definition) is 6. The highest BCUT2D eigenvalue weighted by molar-refractivity contribution is 7.98. The smallest absolute Gasteiger partial charge is 0.252 e. The Morgan fingerprint density at radius 3 is 2.77 bits per heavy atom. The van der Waals surface area contributed by atoms with Crippen molar-refractivity contribution in [2.24, 2.45) is 18.0 Å². The predicted octanol–water partition coefficient (Wildman–Crippen LogP) is 4.20. The van der Waals surface area contributed by atoms with Crippen molar-refractivity contribution in [2.45, 2.75) is 21.9 Å². The molecule has 0 N–H and O–H groups in total. The molecule has 1 aliphatic heterocycles. The number of amides is 1. The Balaban J connectivity index is 1.59. The SMILES string of the molecule is CSc1ccc2c(c1)sc(=NC(=O)C1CCCN(S(=O)(=O)c3ccc(Cl)s3)C1)n2C. The van der Waals surface area contributed by atoms with E-state index in [2.05, 4.69) is 11.1 Å². The van der Waals surface area contributed by atoms with Gasteiger partial charge >= 0.3 is 0 Å². The maximum Gasteiger partial charge on any atom is 0.252 e. The Labute approximate surface area is 192 Å². The Kier molecular flexibility index (Phi) is 6.43. The second-order valence-electron chi connectivity index (χ2n) is 6.99. The standard InChI is InChI=1S/C19H20ClN3O3S4/c1-22-14-6-5-13(27-2)10-15(14)28-19(22)21-18(24)12-4-3-9-23(11-12)30(25,26)17-8-7-16(20)29-17/h5-8,10,12H,3-4,9,11H2,1-2H3. The van der Waals surface area contributed by atoms with Gasteiger partial charge in [0.2, 0.25) is 0 Å². The normalized spacial score (nSPS) is 18.9. The molecular weight excluding hydrogens is 482 g/mol. The van der Waals surface area contributed by atoms with E-state index in [0.29, 0.717) is 28.5 Å². The molecule has 30 heavy (non-hydrogen) atoms. The van der Waals surface area contributed by atoms with E-state index in [1.165, 1.54) is 21.7 Å². The number of piperidine rings is 1. The van der Waals surface area contributed by atoms with Crippen LogP contribution >= 0.6 is 46.0 Å². The van der Waals surface area contributed by atoms with Crippen LogP contribution in [0.4, 0.5) is 0 Å². The topological polar surface area (TPSA) is 71.7 Å². The molecule has 4 rings (SSSR count). The number of carbonyl (C=O) groups is 1. The number of rotatable bonds is 4. The van der Waals surface area contributed by atoms with Crippen molar-refractivity contribution in [3.8, 4) is 0 Å². The average Bonchev–Trinajstić information content (AvgIpc) is 3.31. The van der Waals surface area contributed by atoms with E-state index in [-0.39, 0.29) is 16.7 Å². The summed E-state index contributed by atoms with van der Waals surface area (Å²) in [7, 11) is -1.76. The van der Waals surface area contributed by atoms with E-state index in [9.17, 15) is 13.2 Å². The fraction of sp³-hybridized carbons (Fsp3) is 0.368. The van der Waals surface area contributed by atoms with Gasteiger partial charge in [0.1, 0.15) is 4.21 Å². The quantitative estimate of drug-likeness (QED) is 0.502. The largest absolute Gasteiger partial charge is 0.319 e. The van der Waals surface area contributed by atoms with Crippen molar-refractivity contribution in [3.63, 3.8) is 0 Å². The zero-order chi connectivity index (χ0) is 21.5. The van der Waals surface area contributed by atoms with Gasteiger partial charge in [-0.3, -0.25) is 4.79 Å². The first-order valence-electron chi connectivity index (χ1n) is 9.27. The van der Waals surface area contributed by atoms with E-state index >= 15 is 0 Å². The van der Waals surface area contributed by atoms with Crippen LogP contribution in [0.25, 0.3) is 10.2 Å². The first-order chi connectivity index (χ1) is 14.3. The molecule has 2 aromatic heterocycles. The third-order valence-corrected chi connectivity index (χ3v) is 10.5. The molecule has 1 amide bonds. The van der Waals surface area contributed by atoms with Crippen LogP contribution < -0.4 is 4.80 Å². The number of thiazole rings is 1. The second kappa shape index (κ2) is 8.76. The molecule has 11 heteroatoms. The average molecular weight is 502 g/mol. The fourth-order valence-corrected chi connectivity index (χ4v) is 8.20. The maximum absolute atomic E-state index is 12.9. The molecule has 6 nitrogen and oxygen atoms in total. The zero-order valence-electron chi connectivity index (χ0n) is 16.4. The highest BCUT2D eigenvalue weighted by atomic mass is 35.5. The van der Waals surface area contributed by atoms with E-state index < -0.39 is 15.9 Å². The van der Waals surface area contributed by atoms with Crippen molar-refractivity contribution < 1.29 is 13.2 Å². The molecule has 0 spiro atoms. The van der Waals surface area contributed by atoms with Crippen molar-refractivity contribution in [1.82, 2.24) is 8.87 Å². The molecule has 0 saturated carbocycles. The number of fused-ring (bicyclic) bond motifs is 1. The van der Waals surface area contributed by atoms with Gasteiger partial charge < -0.3 is 4.57 Å². The molecule has 1 atom stereocenters. The van der Waals surface area contributed by atoms with Crippen LogP contribution in [0, 0.1) is 5.92 Å². The monoisotopic (exact) mass is 501 g/mol. The lowest BCUT2D eigenvalue weighted by molar-refractivity contribution is -0.122. The van der Waals surface area contributed by atoms with Crippen LogP contribution in [0.2, 0.25) is 4.34 Å². The van der Waals surface area contributed by atoms with Gasteiger partial charge in [0.05, 0.1) is 20.5 Å². The number of benzene rings is 1. The lowest BCUT2D eigenvalue weighted by Crippen LogP contribution is -2.42. The lowest BCUT2D eigenvalue weighted by Gasteiger charge is -2.29. The van der Waals surface area contributed by atoms with Gasteiger partial charge in [0, 0.05) is 25.0 Å². The number of thioether (sulfide) groups is 1. The van der Waals surface area contributed by atoms with Gasteiger partial charge in [-0.15, -0.1) is 23.1 Å². The summed E-state index contributed by atoms with van der Waals surface area (Å²) in [6.07, 6.45) is 3.28. The molecule has 0 aliphatic carbocycles. The summed E-state index contributed by atoms with van der Waals surface area (Å²) in [4.78, 5) is 19.1. The summed E-state index contributed by atoms with van der Waals surface area (Å²) in [6.45, 7) is 0.543. The molecule has 0 radical (unpaired) electrons. The number of thiophene rings is 1. The number of aryl methyl sites for hydroxylation is 1. The van der Waals surface area contributed by atoms with Gasteiger partial charge in [0.25, 0.3) is 15.9 Å². The van der Waals surface area contributed by atoms with Crippen LogP contribution in [0.1, 0.15) is 12.8 Å². The van der Waals surface area contributed by atoms with Gasteiger partial charge in [-0.25, -0.2) is 8.42 Å². The summed E-state index contributed by atoms with van der Waals surface area (Å²) >= 11 is 10.1. The number of nitrogens with zero attached hydrogens (tertiary/aromatic N) is 3. The Morgan fingerprint density at radius 1 is 1.27 bits per heavy atom. The Hall–Kier alpha value is -1.17. The maximum atomic E-state index is 12.9. The fourth-order valence-electron chi connectivity index (χ4n) is 3.46. The van der Waals surface area contributed by atoms with Gasteiger partial charge in [-0.05, 0) is 49.4 Å². The number of carbonyl (C=O) groups excluding carboxylic acids is 1. The summed E-state index contributed by atoms with van der Waals surface area (Å²) in [5, 5.41) is 0. The first-order valence-corrected chi connectivity index (χ1v) is 13.9. The van der Waals surface area contributed by atoms with Crippen LogP contribution in [0.5, 0.6) is 0 Å². The van der Waals surface area contributed by atoms with E-state index in [4.69, 9.17) is 11.6 Å². The summed E-state index contributed by atoms with van der Waals surface area (Å²) < 4.78 is 30.8. The molecule has 160 valence electrons. The summed E-state index contributed by atoms with van der Waals surface area (Å²) in [6, 6.07) is 9.26. The Morgan fingerprint density at radius 2 is 2.07 bits per heavy atom. The zero-order valence-corrected chi connectivity index (χ0v) is 20.4. The molecule has 3 heterocycles. The number of aromatic nitrogens is 1. The minimum absolute atomic E-state index is 0.144. The van der Waals surface area contributed by atoms with Gasteiger partial charge in [-0.2, -0.15) is 9.30 Å². The minimum Gasteiger partial charge on any atom is -0.319 e. The van der Waals surface area contributed by atoms with E-state index in [0.717, 1.165) is 26.4 Å². The van der Waals surface area contributed by atoms with Crippen LogP contribution in [-0.2, 0) is 21.9 Å². The van der Waals surface area contributed by atoms with Crippen molar-refractivity contribution in [3.05, 3.63) is 39.5 Å². The molecule has 1 aromatic carbocycles. The molecule has 1 saturated heterocycles. The van der Waals surface area contributed by atoms with E-state index in [1.54, 1.807) is 17.8 Å². The highest BCUT2D eigenvalue weighted by Crippen LogP contribution is 2.31. The number of sulfonamides is 1. The number of halogens is 1. The first kappa shape index (κ1) is 22.0. The molecule has 0 bridgehead atoms. The van der Waals surface area contributed by atoms with Gasteiger partial charge in [0.15, 0.2) is 4.80 Å². The third-order valence-electron chi connectivity index (χ3n) is 5.10. The predicted molar refractivity (Wildman–Crippen MR) is 124 cm³/mol. The number of hydrogen-bond donors (Lipinski definition) is 0. The molecule has 3 aromatic rings.